The van der Waals surface area contributed by atoms with Gasteiger partial charge in [-0.3, -0.25) is 0 Å². The highest BCUT2D eigenvalue weighted by Gasteiger charge is 2.16. The second-order valence-electron chi connectivity index (χ2n) is 6.48. The van der Waals surface area contributed by atoms with Crippen molar-refractivity contribution in [1.29, 1.82) is 0 Å². The van der Waals surface area contributed by atoms with Gasteiger partial charge < -0.3 is 10.2 Å². The predicted molar refractivity (Wildman–Crippen MR) is 92.3 cm³/mol. The fraction of sp³-hybridized carbons (Fsp3) is 0.947. The van der Waals surface area contributed by atoms with Gasteiger partial charge in [0.05, 0.1) is 0 Å². The first-order chi connectivity index (χ1) is 10.3. The molecule has 0 saturated heterocycles. The monoisotopic (exact) mass is 299 g/mol. The molecular weight excluding hydrogens is 260 g/mol. The van der Waals surface area contributed by atoms with Crippen LogP contribution in [-0.2, 0) is 0 Å². The molecule has 2 N–H and O–H groups in total. The zero-order valence-corrected chi connectivity index (χ0v) is 14.6. The topological polar surface area (TPSA) is 40.5 Å². The van der Waals surface area contributed by atoms with E-state index in [1.54, 1.807) is 0 Å². The average Bonchev–Trinajstić information content (AvgIpc) is 2.48. The second kappa shape index (κ2) is 16.3. The van der Waals surface area contributed by atoms with Gasteiger partial charge >= 0.3 is 0 Å². The Morgan fingerprint density at radius 2 is 1.14 bits per heavy atom. The highest BCUT2D eigenvalue weighted by atomic mass is 16.3. The van der Waals surface area contributed by atoms with Crippen molar-refractivity contribution in [3.8, 4) is 0 Å². The van der Waals surface area contributed by atoms with Crippen molar-refractivity contribution < 1.29 is 10.2 Å². The number of aliphatic hydroxyl groups is 2. The van der Waals surface area contributed by atoms with Crippen molar-refractivity contribution in [2.24, 2.45) is 5.92 Å². The van der Waals surface area contributed by atoms with Crippen LogP contribution in [0.2, 0.25) is 0 Å². The Morgan fingerprint density at radius 1 is 0.714 bits per heavy atom. The van der Waals surface area contributed by atoms with Gasteiger partial charge in [-0.25, -0.2) is 0 Å². The van der Waals surface area contributed by atoms with Crippen LogP contribution in [0.5, 0.6) is 0 Å². The summed E-state index contributed by atoms with van der Waals surface area (Å²) in [7, 11) is 0. The van der Waals surface area contributed by atoms with Crippen LogP contribution in [0.25, 0.3) is 0 Å². The van der Waals surface area contributed by atoms with E-state index in [0.717, 1.165) is 12.8 Å². The molecule has 0 aromatic carbocycles. The molecule has 0 aliphatic carbocycles. The van der Waals surface area contributed by atoms with Crippen LogP contribution in [-0.4, -0.2) is 23.4 Å². The normalized spacial score (nSPS) is 13.0. The van der Waals surface area contributed by atoms with Crippen LogP contribution in [0, 0.1) is 11.8 Å². The molecular formula is C19H39O2. The summed E-state index contributed by atoms with van der Waals surface area (Å²) in [5.41, 5.74) is 0. The van der Waals surface area contributed by atoms with Crippen molar-refractivity contribution in [3.63, 3.8) is 0 Å². The van der Waals surface area contributed by atoms with Crippen LogP contribution in [0.1, 0.15) is 97.3 Å². The smallest absolute Gasteiger partial charge is 0.0436 e. The molecule has 1 atom stereocenters. The van der Waals surface area contributed by atoms with E-state index < -0.39 is 0 Å². The maximum atomic E-state index is 9.06. The van der Waals surface area contributed by atoms with Crippen LogP contribution in [0.15, 0.2) is 0 Å². The summed E-state index contributed by atoms with van der Waals surface area (Å²) < 4.78 is 0. The Hall–Kier alpha value is -0.0800. The molecule has 0 aromatic heterocycles. The number of hydrogen-bond donors (Lipinski definition) is 2. The lowest BCUT2D eigenvalue weighted by atomic mass is 9.85. The van der Waals surface area contributed by atoms with E-state index in [2.05, 4.69) is 13.8 Å². The van der Waals surface area contributed by atoms with E-state index in [-0.39, 0.29) is 13.2 Å². The largest absolute Gasteiger partial charge is 0.396 e. The van der Waals surface area contributed by atoms with E-state index in [1.165, 1.54) is 76.5 Å². The van der Waals surface area contributed by atoms with E-state index in [1.807, 2.05) is 0 Å². The van der Waals surface area contributed by atoms with Crippen molar-refractivity contribution in [2.75, 3.05) is 13.2 Å². The molecule has 127 valence electrons. The third-order valence-corrected chi connectivity index (χ3v) is 4.55. The molecule has 0 rings (SSSR count). The maximum absolute atomic E-state index is 9.06. The Labute approximate surface area is 133 Å². The SMILES string of the molecule is CCCCCCCCCCCCC(C)[C](CCO)CCO. The zero-order chi connectivity index (χ0) is 15.8. The third-order valence-electron chi connectivity index (χ3n) is 4.55. The van der Waals surface area contributed by atoms with Gasteiger partial charge in [0, 0.05) is 13.2 Å². The summed E-state index contributed by atoms with van der Waals surface area (Å²) in [5.74, 6) is 1.90. The van der Waals surface area contributed by atoms with E-state index >= 15 is 0 Å². The number of unbranched alkanes of at least 4 members (excludes halogenated alkanes) is 9. The van der Waals surface area contributed by atoms with Crippen molar-refractivity contribution >= 4 is 0 Å². The Kier molecular flexibility index (Phi) is 16.2. The van der Waals surface area contributed by atoms with Crippen LogP contribution >= 0.6 is 0 Å². The third kappa shape index (κ3) is 13.3. The molecule has 2 heteroatoms. The maximum Gasteiger partial charge on any atom is 0.0436 e. The molecule has 0 fully saturated rings. The molecule has 1 radical (unpaired) electrons. The van der Waals surface area contributed by atoms with Crippen LogP contribution < -0.4 is 0 Å². The molecule has 21 heavy (non-hydrogen) atoms. The lowest BCUT2D eigenvalue weighted by Crippen LogP contribution is -2.13. The van der Waals surface area contributed by atoms with Gasteiger partial charge in [0.2, 0.25) is 0 Å². The van der Waals surface area contributed by atoms with Gasteiger partial charge in [-0.2, -0.15) is 0 Å². The summed E-state index contributed by atoms with van der Waals surface area (Å²) in [6.07, 6.45) is 16.5. The first-order valence-corrected chi connectivity index (χ1v) is 9.32. The quantitative estimate of drug-likeness (QED) is 0.381. The van der Waals surface area contributed by atoms with Gasteiger partial charge in [0.15, 0.2) is 0 Å². The van der Waals surface area contributed by atoms with E-state index in [0.29, 0.717) is 5.92 Å². The van der Waals surface area contributed by atoms with Crippen molar-refractivity contribution in [1.82, 2.24) is 0 Å². The lowest BCUT2D eigenvalue weighted by Gasteiger charge is -2.22. The number of hydrogen-bond acceptors (Lipinski definition) is 2. The Morgan fingerprint density at radius 3 is 1.57 bits per heavy atom. The van der Waals surface area contributed by atoms with Gasteiger partial charge in [0.1, 0.15) is 0 Å². The van der Waals surface area contributed by atoms with Gasteiger partial charge in [-0.15, -0.1) is 0 Å². The van der Waals surface area contributed by atoms with Gasteiger partial charge in [-0.05, 0) is 24.7 Å². The van der Waals surface area contributed by atoms with E-state index in [9.17, 15) is 0 Å². The van der Waals surface area contributed by atoms with Crippen molar-refractivity contribution in [3.05, 3.63) is 5.92 Å². The molecule has 0 aliphatic heterocycles. The van der Waals surface area contributed by atoms with Crippen LogP contribution in [0.4, 0.5) is 0 Å². The highest BCUT2D eigenvalue weighted by Crippen LogP contribution is 2.26. The molecule has 0 spiro atoms. The number of aliphatic hydroxyl groups excluding tert-OH is 2. The molecule has 0 bridgehead atoms. The minimum absolute atomic E-state index is 0.220. The fourth-order valence-electron chi connectivity index (χ4n) is 3.05. The Bertz CT molecular complexity index is 188. The first kappa shape index (κ1) is 20.9. The van der Waals surface area contributed by atoms with E-state index in [4.69, 9.17) is 10.2 Å². The first-order valence-electron chi connectivity index (χ1n) is 9.32. The predicted octanol–water partition coefficient (Wildman–Crippen LogP) is 5.27. The molecule has 0 heterocycles. The highest BCUT2D eigenvalue weighted by molar-refractivity contribution is 4.94. The van der Waals surface area contributed by atoms with Gasteiger partial charge in [0.25, 0.3) is 0 Å². The molecule has 2 nitrogen and oxygen atoms in total. The number of rotatable bonds is 16. The lowest BCUT2D eigenvalue weighted by molar-refractivity contribution is 0.250. The molecule has 0 aromatic rings. The fourth-order valence-corrected chi connectivity index (χ4v) is 3.05. The Balaban J connectivity index is 3.39. The average molecular weight is 300 g/mol. The molecule has 1 unspecified atom stereocenters. The summed E-state index contributed by atoms with van der Waals surface area (Å²) >= 11 is 0. The van der Waals surface area contributed by atoms with Crippen LogP contribution in [0.3, 0.4) is 0 Å². The standard InChI is InChI=1S/C19H39O2/c1-3-4-5-6-7-8-9-10-11-12-13-18(2)19(14-16-20)15-17-21/h18,20-21H,3-17H2,1-2H3. The summed E-state index contributed by atoms with van der Waals surface area (Å²) in [4.78, 5) is 0. The summed E-state index contributed by atoms with van der Waals surface area (Å²) in [6.45, 7) is 4.95. The zero-order valence-electron chi connectivity index (χ0n) is 14.6. The molecule has 0 aliphatic rings. The van der Waals surface area contributed by atoms with Gasteiger partial charge in [-0.1, -0.05) is 84.5 Å². The minimum atomic E-state index is 0.220. The molecule has 0 amide bonds. The molecule has 0 saturated carbocycles. The second-order valence-corrected chi connectivity index (χ2v) is 6.48. The van der Waals surface area contributed by atoms with Crippen molar-refractivity contribution in [2.45, 2.75) is 97.3 Å². The summed E-state index contributed by atoms with van der Waals surface area (Å²) in [5, 5.41) is 18.1. The summed E-state index contributed by atoms with van der Waals surface area (Å²) in [6, 6.07) is 0. The minimum Gasteiger partial charge on any atom is -0.396 e.